The number of alkyl halides is 3. The monoisotopic (exact) mass is 414 g/mol. The Kier molecular flexibility index (Phi) is 7.89. The molecule has 0 radical (unpaired) electrons. The number of carbonyl (C=O) groups is 1. The molecule has 29 heavy (non-hydrogen) atoms. The number of benzene rings is 1. The predicted octanol–water partition coefficient (Wildman–Crippen LogP) is 2.66. The molecular weight excluding hydrogens is 385 g/mol. The minimum atomic E-state index is -4.43. The van der Waals surface area contributed by atoms with Crippen LogP contribution in [0, 0.1) is 13.8 Å². The van der Waals surface area contributed by atoms with Gasteiger partial charge in [0.25, 0.3) is 0 Å². The highest BCUT2D eigenvalue weighted by Crippen LogP contribution is 2.26. The molecule has 1 heterocycles. The molecule has 1 atom stereocenters. The summed E-state index contributed by atoms with van der Waals surface area (Å²) in [6, 6.07) is 6.20. The fraction of sp³-hybridized carbons (Fsp3) is 0.600. The Hall–Kier alpha value is -2.29. The van der Waals surface area contributed by atoms with Gasteiger partial charge in [0, 0.05) is 20.1 Å². The summed E-state index contributed by atoms with van der Waals surface area (Å²) in [5.41, 5.74) is 3.41. The van der Waals surface area contributed by atoms with E-state index in [0.717, 1.165) is 18.2 Å². The maximum Gasteiger partial charge on any atom is 0.406 e. The summed E-state index contributed by atoms with van der Waals surface area (Å²) in [6.07, 6.45) is -4.57. The van der Waals surface area contributed by atoms with Gasteiger partial charge in [-0.25, -0.2) is 4.99 Å². The highest BCUT2D eigenvalue weighted by Gasteiger charge is 2.31. The molecule has 0 spiro atoms. The Morgan fingerprint density at radius 2 is 2.10 bits per heavy atom. The number of hydrogen-bond acceptors (Lipinski definition) is 3. The van der Waals surface area contributed by atoms with Gasteiger partial charge in [-0.05, 0) is 31.9 Å². The maximum atomic E-state index is 12.5. The van der Waals surface area contributed by atoms with E-state index in [4.69, 9.17) is 4.74 Å². The zero-order chi connectivity index (χ0) is 21.6. The third-order valence-corrected chi connectivity index (χ3v) is 4.68. The van der Waals surface area contributed by atoms with Gasteiger partial charge in [-0.15, -0.1) is 0 Å². The van der Waals surface area contributed by atoms with Gasteiger partial charge in [-0.2, -0.15) is 13.2 Å². The van der Waals surface area contributed by atoms with Gasteiger partial charge < -0.3 is 19.9 Å². The Balaban J connectivity index is 2.08. The third kappa shape index (κ3) is 6.92. The van der Waals surface area contributed by atoms with Crippen molar-refractivity contribution in [3.63, 3.8) is 0 Å². The number of morpholine rings is 1. The summed E-state index contributed by atoms with van der Waals surface area (Å²) in [6.45, 7) is 6.54. The molecule has 0 saturated carbocycles. The molecule has 162 valence electrons. The molecule has 1 saturated heterocycles. The quantitative estimate of drug-likeness (QED) is 0.595. The lowest BCUT2D eigenvalue weighted by atomic mass is 10.00. The predicted molar refractivity (Wildman–Crippen MR) is 106 cm³/mol. The van der Waals surface area contributed by atoms with E-state index in [1.807, 2.05) is 31.7 Å². The van der Waals surface area contributed by atoms with Crippen LogP contribution in [0.25, 0.3) is 0 Å². The Labute approximate surface area is 169 Å². The van der Waals surface area contributed by atoms with Gasteiger partial charge >= 0.3 is 6.18 Å². The molecule has 1 fully saturated rings. The Morgan fingerprint density at radius 3 is 2.72 bits per heavy atom. The summed E-state index contributed by atoms with van der Waals surface area (Å²) < 4.78 is 43.4. The summed E-state index contributed by atoms with van der Waals surface area (Å²) in [4.78, 5) is 18.9. The molecule has 1 aromatic carbocycles. The van der Waals surface area contributed by atoms with Crippen molar-refractivity contribution >= 4 is 11.9 Å². The summed E-state index contributed by atoms with van der Waals surface area (Å²) in [5.74, 6) is -0.184. The normalized spacial score (nSPS) is 18.0. The fourth-order valence-corrected chi connectivity index (χ4v) is 3.26. The third-order valence-electron chi connectivity index (χ3n) is 4.68. The van der Waals surface area contributed by atoms with E-state index in [1.54, 1.807) is 0 Å². The number of aliphatic imine (C=N–C) groups is 1. The van der Waals surface area contributed by atoms with Crippen LogP contribution in [0.15, 0.2) is 23.2 Å². The number of guanidine groups is 1. The SMILES string of the molecule is CCNC(=NCC(=O)N(C)CC(F)(F)F)N1CCOC(c2ccc(C)cc2C)C1. The molecule has 1 aromatic rings. The zero-order valence-corrected chi connectivity index (χ0v) is 17.3. The van der Waals surface area contributed by atoms with Crippen LogP contribution in [-0.4, -0.2) is 74.2 Å². The summed E-state index contributed by atoms with van der Waals surface area (Å²) in [7, 11) is 1.13. The number of rotatable bonds is 5. The highest BCUT2D eigenvalue weighted by atomic mass is 19.4. The lowest BCUT2D eigenvalue weighted by Gasteiger charge is -2.36. The van der Waals surface area contributed by atoms with E-state index in [-0.39, 0.29) is 12.6 Å². The van der Waals surface area contributed by atoms with Crippen molar-refractivity contribution in [2.24, 2.45) is 4.99 Å². The van der Waals surface area contributed by atoms with Crippen LogP contribution >= 0.6 is 0 Å². The molecule has 0 bridgehead atoms. The first-order chi connectivity index (χ1) is 13.6. The topological polar surface area (TPSA) is 57.2 Å². The number of aryl methyl sites for hydroxylation is 2. The van der Waals surface area contributed by atoms with Gasteiger partial charge in [-0.1, -0.05) is 23.8 Å². The van der Waals surface area contributed by atoms with Gasteiger partial charge in [-0.3, -0.25) is 4.79 Å². The fourth-order valence-electron chi connectivity index (χ4n) is 3.26. The highest BCUT2D eigenvalue weighted by molar-refractivity contribution is 5.85. The number of nitrogens with zero attached hydrogens (tertiary/aromatic N) is 3. The standard InChI is InChI=1S/C20H29F3N4O2/c1-5-24-19(25-11-18(28)26(4)13-20(21,22)23)27-8-9-29-17(12-27)16-7-6-14(2)10-15(16)3/h6-7,10,17H,5,8-9,11-13H2,1-4H3,(H,24,25). The van der Waals surface area contributed by atoms with Crippen molar-refractivity contribution in [3.8, 4) is 0 Å². The number of halogens is 3. The van der Waals surface area contributed by atoms with E-state index in [0.29, 0.717) is 37.1 Å². The van der Waals surface area contributed by atoms with Crippen LogP contribution in [0.3, 0.4) is 0 Å². The first kappa shape index (κ1) is 23.0. The number of likely N-dealkylation sites (N-methyl/N-ethyl adjacent to an activating group) is 1. The largest absolute Gasteiger partial charge is 0.406 e. The molecule has 1 aliphatic rings. The van der Waals surface area contributed by atoms with E-state index in [9.17, 15) is 18.0 Å². The Morgan fingerprint density at radius 1 is 1.38 bits per heavy atom. The van der Waals surface area contributed by atoms with E-state index in [2.05, 4.69) is 22.4 Å². The average molecular weight is 414 g/mol. The molecule has 0 aliphatic carbocycles. The Bertz CT molecular complexity index is 737. The maximum absolute atomic E-state index is 12.5. The molecule has 1 N–H and O–H groups in total. The first-order valence-electron chi connectivity index (χ1n) is 9.63. The lowest BCUT2D eigenvalue weighted by Crippen LogP contribution is -2.48. The molecule has 1 aliphatic heterocycles. The van der Waals surface area contributed by atoms with Crippen LogP contribution in [0.4, 0.5) is 13.2 Å². The van der Waals surface area contributed by atoms with Crippen molar-refractivity contribution < 1.29 is 22.7 Å². The lowest BCUT2D eigenvalue weighted by molar-refractivity contribution is -0.157. The first-order valence-corrected chi connectivity index (χ1v) is 9.63. The van der Waals surface area contributed by atoms with Crippen LogP contribution in [0.1, 0.15) is 29.7 Å². The number of nitrogens with one attached hydrogen (secondary N) is 1. The minimum absolute atomic E-state index is 0.142. The van der Waals surface area contributed by atoms with Crippen molar-refractivity contribution in [2.75, 3.05) is 46.4 Å². The number of carbonyl (C=O) groups excluding carboxylic acids is 1. The van der Waals surface area contributed by atoms with Gasteiger partial charge in [0.2, 0.25) is 5.91 Å². The summed E-state index contributed by atoms with van der Waals surface area (Å²) >= 11 is 0. The van der Waals surface area contributed by atoms with Gasteiger partial charge in [0.1, 0.15) is 19.2 Å². The molecule has 6 nitrogen and oxygen atoms in total. The minimum Gasteiger partial charge on any atom is -0.370 e. The number of amides is 1. The second kappa shape index (κ2) is 9.96. The molecule has 9 heteroatoms. The van der Waals surface area contributed by atoms with Crippen LogP contribution in [0.5, 0.6) is 0 Å². The van der Waals surface area contributed by atoms with Crippen molar-refractivity contribution in [2.45, 2.75) is 33.1 Å². The molecule has 0 aromatic heterocycles. The smallest absolute Gasteiger partial charge is 0.370 e. The van der Waals surface area contributed by atoms with E-state index >= 15 is 0 Å². The average Bonchev–Trinajstić information content (AvgIpc) is 2.63. The van der Waals surface area contributed by atoms with Crippen molar-refractivity contribution in [3.05, 3.63) is 34.9 Å². The molecule has 1 unspecified atom stereocenters. The van der Waals surface area contributed by atoms with Crippen LogP contribution in [0.2, 0.25) is 0 Å². The number of hydrogen-bond donors (Lipinski definition) is 1. The molecule has 1 amide bonds. The second-order valence-corrected chi connectivity index (χ2v) is 7.20. The zero-order valence-electron chi connectivity index (χ0n) is 17.3. The molecular formula is C20H29F3N4O2. The van der Waals surface area contributed by atoms with Crippen molar-refractivity contribution in [1.82, 2.24) is 15.1 Å². The summed E-state index contributed by atoms with van der Waals surface area (Å²) in [5, 5.41) is 3.12. The number of ether oxygens (including phenoxy) is 1. The van der Waals surface area contributed by atoms with Crippen LogP contribution < -0.4 is 5.32 Å². The van der Waals surface area contributed by atoms with Gasteiger partial charge in [0.05, 0.1) is 13.2 Å². The molecule has 2 rings (SSSR count). The van der Waals surface area contributed by atoms with Gasteiger partial charge in [0.15, 0.2) is 5.96 Å². The second-order valence-electron chi connectivity index (χ2n) is 7.20. The van der Waals surface area contributed by atoms with Crippen LogP contribution in [-0.2, 0) is 9.53 Å². The van der Waals surface area contributed by atoms with E-state index < -0.39 is 18.6 Å². The van der Waals surface area contributed by atoms with E-state index in [1.165, 1.54) is 5.56 Å². The van der Waals surface area contributed by atoms with Crippen molar-refractivity contribution in [1.29, 1.82) is 0 Å².